The van der Waals surface area contributed by atoms with Gasteiger partial charge in [0, 0.05) is 10.9 Å². The van der Waals surface area contributed by atoms with Crippen molar-refractivity contribution in [2.24, 2.45) is 0 Å². The van der Waals surface area contributed by atoms with Gasteiger partial charge < -0.3 is 9.84 Å². The lowest BCUT2D eigenvalue weighted by atomic mass is 10.1. The minimum absolute atomic E-state index is 0.180. The number of phenolic OH excluding ortho intramolecular Hbond substituents is 1. The van der Waals surface area contributed by atoms with E-state index in [-0.39, 0.29) is 5.75 Å². The van der Waals surface area contributed by atoms with Crippen molar-refractivity contribution in [2.75, 3.05) is 7.11 Å². The first-order valence-corrected chi connectivity index (χ1v) is 4.50. The Kier molecular flexibility index (Phi) is 2.29. The van der Waals surface area contributed by atoms with E-state index in [1.807, 2.05) is 0 Å². The minimum atomic E-state index is 0.180. The highest BCUT2D eigenvalue weighted by Crippen LogP contribution is 2.29. The number of methoxy groups -OCH3 is 1. The maximum Gasteiger partial charge on any atom is 0.150 e. The van der Waals surface area contributed by atoms with E-state index in [4.69, 9.17) is 4.74 Å². The molecule has 0 heterocycles. The maximum absolute atomic E-state index is 10.7. The second-order valence-electron chi connectivity index (χ2n) is 3.25. The molecule has 0 aliphatic carbocycles. The summed E-state index contributed by atoms with van der Waals surface area (Å²) in [6.07, 6.45) is 0.773. The van der Waals surface area contributed by atoms with Crippen molar-refractivity contribution in [1.29, 1.82) is 0 Å². The summed E-state index contributed by atoms with van der Waals surface area (Å²) in [7, 11) is 1.54. The third-order valence-corrected chi connectivity index (χ3v) is 2.28. The third kappa shape index (κ3) is 1.64. The van der Waals surface area contributed by atoms with Gasteiger partial charge in [0.25, 0.3) is 0 Å². The van der Waals surface area contributed by atoms with Gasteiger partial charge in [-0.2, -0.15) is 0 Å². The number of aromatic hydroxyl groups is 1. The van der Waals surface area contributed by atoms with Crippen LogP contribution in [0.5, 0.6) is 11.5 Å². The van der Waals surface area contributed by atoms with E-state index in [0.717, 1.165) is 17.1 Å². The van der Waals surface area contributed by atoms with Crippen LogP contribution in [-0.4, -0.2) is 18.5 Å². The van der Waals surface area contributed by atoms with Gasteiger partial charge in [-0.05, 0) is 29.7 Å². The molecule has 0 radical (unpaired) electrons. The maximum atomic E-state index is 10.7. The van der Waals surface area contributed by atoms with E-state index in [1.54, 1.807) is 30.3 Å². The molecule has 2 aromatic rings. The summed E-state index contributed by atoms with van der Waals surface area (Å²) in [4.78, 5) is 10.7. The van der Waals surface area contributed by atoms with Crippen molar-refractivity contribution in [2.45, 2.75) is 0 Å². The zero-order valence-corrected chi connectivity index (χ0v) is 8.23. The predicted molar refractivity (Wildman–Crippen MR) is 57.6 cm³/mol. The largest absolute Gasteiger partial charge is 0.508 e. The van der Waals surface area contributed by atoms with E-state index < -0.39 is 0 Å². The minimum Gasteiger partial charge on any atom is -0.508 e. The number of aldehydes is 1. The molecule has 0 saturated carbocycles. The zero-order chi connectivity index (χ0) is 10.8. The van der Waals surface area contributed by atoms with Crippen LogP contribution in [0.4, 0.5) is 0 Å². The number of ether oxygens (including phenoxy) is 1. The molecule has 0 aromatic heterocycles. The van der Waals surface area contributed by atoms with Gasteiger partial charge in [0.05, 0.1) is 7.11 Å². The van der Waals surface area contributed by atoms with Crippen LogP contribution < -0.4 is 4.74 Å². The lowest BCUT2D eigenvalue weighted by molar-refractivity contribution is 0.112. The normalized spacial score (nSPS) is 10.2. The molecule has 76 valence electrons. The summed E-state index contributed by atoms with van der Waals surface area (Å²) < 4.78 is 5.15. The SMILES string of the molecule is COc1cc(C=O)cc2ccc(O)cc12. The predicted octanol–water partition coefficient (Wildman–Crippen LogP) is 2.37. The summed E-state index contributed by atoms with van der Waals surface area (Å²) in [6, 6.07) is 8.35. The van der Waals surface area contributed by atoms with Gasteiger partial charge in [0.15, 0.2) is 0 Å². The van der Waals surface area contributed by atoms with Gasteiger partial charge in [0.2, 0.25) is 0 Å². The molecule has 0 bridgehead atoms. The van der Waals surface area contributed by atoms with Crippen molar-refractivity contribution in [1.82, 2.24) is 0 Å². The van der Waals surface area contributed by atoms with Crippen molar-refractivity contribution in [3.05, 3.63) is 35.9 Å². The molecule has 3 nitrogen and oxygen atoms in total. The lowest BCUT2D eigenvalue weighted by Crippen LogP contribution is -1.88. The Morgan fingerprint density at radius 2 is 2.07 bits per heavy atom. The average Bonchev–Trinajstić information content (AvgIpc) is 2.27. The molecule has 0 saturated heterocycles. The number of rotatable bonds is 2. The summed E-state index contributed by atoms with van der Waals surface area (Å²) >= 11 is 0. The van der Waals surface area contributed by atoms with Crippen molar-refractivity contribution < 1.29 is 14.6 Å². The molecule has 0 spiro atoms. The fourth-order valence-electron chi connectivity index (χ4n) is 1.57. The van der Waals surface area contributed by atoms with Crippen LogP contribution in [0.1, 0.15) is 10.4 Å². The Morgan fingerprint density at radius 3 is 2.73 bits per heavy atom. The molecule has 3 heteroatoms. The number of carbonyl (C=O) groups is 1. The number of hydrogen-bond acceptors (Lipinski definition) is 3. The lowest BCUT2D eigenvalue weighted by Gasteiger charge is -2.06. The van der Waals surface area contributed by atoms with Gasteiger partial charge in [-0.3, -0.25) is 4.79 Å². The number of phenols is 1. The fourth-order valence-corrected chi connectivity index (χ4v) is 1.57. The highest BCUT2D eigenvalue weighted by molar-refractivity contribution is 5.94. The Hall–Kier alpha value is -2.03. The molecule has 0 aliphatic heterocycles. The quantitative estimate of drug-likeness (QED) is 0.760. The van der Waals surface area contributed by atoms with Crippen molar-refractivity contribution in [3.8, 4) is 11.5 Å². The Balaban J connectivity index is 2.80. The van der Waals surface area contributed by atoms with Crippen LogP contribution in [0.3, 0.4) is 0 Å². The second-order valence-corrected chi connectivity index (χ2v) is 3.25. The van der Waals surface area contributed by atoms with Gasteiger partial charge in [-0.1, -0.05) is 6.07 Å². The van der Waals surface area contributed by atoms with Gasteiger partial charge >= 0.3 is 0 Å². The highest BCUT2D eigenvalue weighted by Gasteiger charge is 2.04. The summed E-state index contributed by atoms with van der Waals surface area (Å²) in [5.41, 5.74) is 0.560. The molecule has 15 heavy (non-hydrogen) atoms. The number of carbonyl (C=O) groups excluding carboxylic acids is 1. The molecule has 0 unspecified atom stereocenters. The average molecular weight is 202 g/mol. The molecule has 0 aliphatic rings. The summed E-state index contributed by atoms with van der Waals surface area (Å²) in [6.45, 7) is 0. The molecule has 1 N–H and O–H groups in total. The topological polar surface area (TPSA) is 46.5 Å². The van der Waals surface area contributed by atoms with Crippen LogP contribution in [0, 0.1) is 0 Å². The van der Waals surface area contributed by atoms with Crippen LogP contribution in [-0.2, 0) is 0 Å². The molecule has 0 amide bonds. The van der Waals surface area contributed by atoms with E-state index in [9.17, 15) is 9.90 Å². The smallest absolute Gasteiger partial charge is 0.150 e. The van der Waals surface area contributed by atoms with Gasteiger partial charge in [-0.25, -0.2) is 0 Å². The highest BCUT2D eigenvalue weighted by atomic mass is 16.5. The number of hydrogen-bond donors (Lipinski definition) is 1. The van der Waals surface area contributed by atoms with Crippen molar-refractivity contribution in [3.63, 3.8) is 0 Å². The monoisotopic (exact) mass is 202 g/mol. The zero-order valence-electron chi connectivity index (χ0n) is 8.23. The summed E-state index contributed by atoms with van der Waals surface area (Å²) in [5, 5.41) is 11.0. The Morgan fingerprint density at radius 1 is 1.27 bits per heavy atom. The molecule has 0 fully saturated rings. The fraction of sp³-hybridized carbons (Fsp3) is 0.0833. The third-order valence-electron chi connectivity index (χ3n) is 2.28. The number of benzene rings is 2. The van der Waals surface area contributed by atoms with E-state index in [0.29, 0.717) is 11.3 Å². The Labute approximate surface area is 86.9 Å². The van der Waals surface area contributed by atoms with Crippen LogP contribution in [0.15, 0.2) is 30.3 Å². The van der Waals surface area contributed by atoms with E-state index in [2.05, 4.69) is 0 Å². The van der Waals surface area contributed by atoms with Crippen LogP contribution >= 0.6 is 0 Å². The first kappa shape index (κ1) is 9.52. The van der Waals surface area contributed by atoms with Crippen molar-refractivity contribution >= 4 is 17.1 Å². The van der Waals surface area contributed by atoms with Crippen LogP contribution in [0.25, 0.3) is 10.8 Å². The molecule has 2 aromatic carbocycles. The summed E-state index contributed by atoms with van der Waals surface area (Å²) in [5.74, 6) is 0.769. The number of fused-ring (bicyclic) bond motifs is 1. The van der Waals surface area contributed by atoms with Gasteiger partial charge in [-0.15, -0.1) is 0 Å². The Bertz CT molecular complexity index is 518. The van der Waals surface area contributed by atoms with Crippen LogP contribution in [0.2, 0.25) is 0 Å². The van der Waals surface area contributed by atoms with E-state index in [1.165, 1.54) is 7.11 Å². The molecule has 2 rings (SSSR count). The first-order valence-electron chi connectivity index (χ1n) is 4.50. The standard InChI is InChI=1S/C12H10O3/c1-15-12-5-8(7-13)4-9-2-3-10(14)6-11(9)12/h2-7,14H,1H3. The molecule has 0 atom stereocenters. The second kappa shape index (κ2) is 3.61. The van der Waals surface area contributed by atoms with E-state index >= 15 is 0 Å². The van der Waals surface area contributed by atoms with Gasteiger partial charge in [0.1, 0.15) is 17.8 Å². The first-order chi connectivity index (χ1) is 7.24. The molecular weight excluding hydrogens is 192 g/mol. The molecular formula is C12H10O3.